The zero-order valence-electron chi connectivity index (χ0n) is 18.6. The molecule has 0 radical (unpaired) electrons. The van der Waals surface area contributed by atoms with E-state index in [1.165, 1.54) is 11.1 Å². The van der Waals surface area contributed by atoms with E-state index in [4.69, 9.17) is 9.73 Å². The van der Waals surface area contributed by atoms with Crippen LogP contribution in [0.5, 0.6) is 0 Å². The Morgan fingerprint density at radius 3 is 2.48 bits per heavy atom. The minimum Gasteiger partial charge on any atom is -0.466 e. The van der Waals surface area contributed by atoms with Gasteiger partial charge in [-0.1, -0.05) is 38.1 Å². The zero-order valence-corrected chi connectivity index (χ0v) is 18.6. The fraction of sp³-hybridized carbons (Fsp3) is 0.652. The highest BCUT2D eigenvalue weighted by Gasteiger charge is 2.27. The van der Waals surface area contributed by atoms with Crippen LogP contribution >= 0.6 is 0 Å². The van der Waals surface area contributed by atoms with Crippen LogP contribution < -0.4 is 5.32 Å². The summed E-state index contributed by atoms with van der Waals surface area (Å²) in [6.45, 7) is 15.1. The summed E-state index contributed by atoms with van der Waals surface area (Å²) >= 11 is 0. The lowest BCUT2D eigenvalue weighted by Crippen LogP contribution is -2.46. The van der Waals surface area contributed by atoms with Crippen molar-refractivity contribution in [3.63, 3.8) is 0 Å². The molecule has 1 aliphatic rings. The Morgan fingerprint density at radius 1 is 1.17 bits per heavy atom. The number of likely N-dealkylation sites (tertiary alicyclic amines) is 1. The first-order valence-electron chi connectivity index (χ1n) is 11.1. The van der Waals surface area contributed by atoms with Gasteiger partial charge in [-0.05, 0) is 50.9 Å². The van der Waals surface area contributed by atoms with Gasteiger partial charge in [0.25, 0.3) is 0 Å². The van der Waals surface area contributed by atoms with Crippen molar-refractivity contribution in [2.45, 2.75) is 53.6 Å². The Labute approximate surface area is 176 Å². The Kier molecular flexibility index (Phi) is 9.98. The number of benzene rings is 1. The molecule has 0 aliphatic carbocycles. The SMILES string of the molecule is CCNC(=NCc1cccc(CN(CC)CC)c1)N1CCC(C(=O)OCC)CC1. The van der Waals surface area contributed by atoms with Crippen LogP contribution in [0.25, 0.3) is 0 Å². The van der Waals surface area contributed by atoms with Gasteiger partial charge in [-0.3, -0.25) is 9.69 Å². The monoisotopic (exact) mass is 402 g/mol. The van der Waals surface area contributed by atoms with Crippen molar-refractivity contribution in [1.29, 1.82) is 0 Å². The quantitative estimate of drug-likeness (QED) is 0.390. The number of piperidine rings is 1. The highest BCUT2D eigenvalue weighted by molar-refractivity contribution is 5.80. The number of hydrogen-bond acceptors (Lipinski definition) is 4. The first kappa shape index (κ1) is 23.2. The lowest BCUT2D eigenvalue weighted by molar-refractivity contribution is -0.149. The van der Waals surface area contributed by atoms with Crippen LogP contribution in [0, 0.1) is 5.92 Å². The number of esters is 1. The molecule has 0 saturated carbocycles. The fourth-order valence-corrected chi connectivity index (χ4v) is 3.71. The van der Waals surface area contributed by atoms with E-state index in [-0.39, 0.29) is 11.9 Å². The van der Waals surface area contributed by atoms with Gasteiger partial charge < -0.3 is 15.0 Å². The molecule has 1 N–H and O–H groups in total. The molecule has 6 heteroatoms. The number of carbonyl (C=O) groups excluding carboxylic acids is 1. The molecule has 1 aromatic rings. The molecule has 0 bridgehead atoms. The van der Waals surface area contributed by atoms with Crippen LogP contribution in [0.1, 0.15) is 51.7 Å². The molecule has 1 saturated heterocycles. The van der Waals surface area contributed by atoms with Crippen LogP contribution in [-0.4, -0.2) is 61.1 Å². The van der Waals surface area contributed by atoms with Crippen LogP contribution in [-0.2, 0) is 22.6 Å². The van der Waals surface area contributed by atoms with Gasteiger partial charge in [0, 0.05) is 26.2 Å². The van der Waals surface area contributed by atoms with E-state index in [0.717, 1.165) is 58.1 Å². The van der Waals surface area contributed by atoms with Crippen molar-refractivity contribution >= 4 is 11.9 Å². The van der Waals surface area contributed by atoms with Crippen molar-refractivity contribution in [3.05, 3.63) is 35.4 Å². The molecule has 1 heterocycles. The summed E-state index contributed by atoms with van der Waals surface area (Å²) in [6.07, 6.45) is 1.64. The van der Waals surface area contributed by atoms with Crippen molar-refractivity contribution in [2.75, 3.05) is 39.3 Å². The number of nitrogens with zero attached hydrogens (tertiary/aromatic N) is 3. The molecule has 0 amide bonds. The predicted octanol–water partition coefficient (Wildman–Crippen LogP) is 3.27. The highest BCUT2D eigenvalue weighted by atomic mass is 16.5. The molecule has 1 fully saturated rings. The van der Waals surface area contributed by atoms with E-state index in [2.05, 4.69) is 60.2 Å². The fourth-order valence-electron chi connectivity index (χ4n) is 3.71. The lowest BCUT2D eigenvalue weighted by atomic mass is 9.97. The van der Waals surface area contributed by atoms with E-state index in [9.17, 15) is 4.79 Å². The second-order valence-electron chi connectivity index (χ2n) is 7.46. The van der Waals surface area contributed by atoms with Crippen LogP contribution in [0.4, 0.5) is 0 Å². The minimum atomic E-state index is -0.0564. The number of guanidine groups is 1. The van der Waals surface area contributed by atoms with Gasteiger partial charge in [0.15, 0.2) is 5.96 Å². The van der Waals surface area contributed by atoms with E-state index in [1.54, 1.807) is 0 Å². The van der Waals surface area contributed by atoms with Gasteiger partial charge in [-0.2, -0.15) is 0 Å². The summed E-state index contributed by atoms with van der Waals surface area (Å²) in [7, 11) is 0. The third-order valence-electron chi connectivity index (χ3n) is 5.45. The average molecular weight is 403 g/mol. The lowest BCUT2D eigenvalue weighted by Gasteiger charge is -2.33. The predicted molar refractivity (Wildman–Crippen MR) is 119 cm³/mol. The van der Waals surface area contributed by atoms with E-state index in [1.807, 2.05) is 6.92 Å². The molecule has 29 heavy (non-hydrogen) atoms. The van der Waals surface area contributed by atoms with Gasteiger partial charge in [-0.15, -0.1) is 0 Å². The first-order valence-corrected chi connectivity index (χ1v) is 11.1. The molecule has 0 atom stereocenters. The maximum absolute atomic E-state index is 12.0. The largest absolute Gasteiger partial charge is 0.466 e. The summed E-state index contributed by atoms with van der Waals surface area (Å²) in [6, 6.07) is 8.72. The van der Waals surface area contributed by atoms with E-state index in [0.29, 0.717) is 13.2 Å². The molecule has 1 aromatic carbocycles. The maximum Gasteiger partial charge on any atom is 0.309 e. The second kappa shape index (κ2) is 12.5. The van der Waals surface area contributed by atoms with Crippen molar-refractivity contribution in [3.8, 4) is 0 Å². The standard InChI is InChI=1S/C23H38N4O2/c1-5-24-23(27-14-12-21(13-15-27)22(28)29-8-4)25-17-19-10-9-11-20(16-19)18-26(6-2)7-3/h9-11,16,21H,5-8,12-15,17-18H2,1-4H3,(H,24,25). The average Bonchev–Trinajstić information content (AvgIpc) is 2.75. The third kappa shape index (κ3) is 7.35. The number of hydrogen-bond donors (Lipinski definition) is 1. The Balaban J connectivity index is 1.98. The minimum absolute atomic E-state index is 0.0193. The number of rotatable bonds is 9. The van der Waals surface area contributed by atoms with Gasteiger partial charge >= 0.3 is 5.97 Å². The van der Waals surface area contributed by atoms with Crippen molar-refractivity contribution in [2.24, 2.45) is 10.9 Å². The molecule has 0 aromatic heterocycles. The smallest absolute Gasteiger partial charge is 0.309 e. The molecular formula is C23H38N4O2. The molecule has 1 aliphatic heterocycles. The zero-order chi connectivity index (χ0) is 21.1. The molecular weight excluding hydrogens is 364 g/mol. The van der Waals surface area contributed by atoms with Gasteiger partial charge in [0.05, 0.1) is 19.1 Å². The van der Waals surface area contributed by atoms with Crippen molar-refractivity contribution < 1.29 is 9.53 Å². The van der Waals surface area contributed by atoms with Gasteiger partial charge in [0.1, 0.15) is 0 Å². The summed E-state index contributed by atoms with van der Waals surface area (Å²) in [5, 5.41) is 3.41. The molecule has 162 valence electrons. The van der Waals surface area contributed by atoms with E-state index < -0.39 is 0 Å². The summed E-state index contributed by atoms with van der Waals surface area (Å²) in [4.78, 5) is 21.5. The summed E-state index contributed by atoms with van der Waals surface area (Å²) < 4.78 is 5.18. The van der Waals surface area contributed by atoms with Crippen LogP contribution in [0.15, 0.2) is 29.3 Å². The number of aliphatic imine (C=N–C) groups is 1. The molecule has 0 spiro atoms. The summed E-state index contributed by atoms with van der Waals surface area (Å²) in [5.41, 5.74) is 2.56. The Hall–Kier alpha value is -2.08. The van der Waals surface area contributed by atoms with Crippen LogP contribution in [0.2, 0.25) is 0 Å². The molecule has 6 nitrogen and oxygen atoms in total. The summed E-state index contributed by atoms with van der Waals surface area (Å²) in [5.74, 6) is 0.897. The Morgan fingerprint density at radius 2 is 1.86 bits per heavy atom. The topological polar surface area (TPSA) is 57.2 Å². The second-order valence-corrected chi connectivity index (χ2v) is 7.46. The maximum atomic E-state index is 12.0. The molecule has 2 rings (SSSR count). The Bertz CT molecular complexity index is 650. The van der Waals surface area contributed by atoms with Crippen LogP contribution in [0.3, 0.4) is 0 Å². The van der Waals surface area contributed by atoms with E-state index >= 15 is 0 Å². The molecule has 0 unspecified atom stereocenters. The number of carbonyl (C=O) groups is 1. The third-order valence-corrected chi connectivity index (χ3v) is 5.45. The number of ether oxygens (including phenoxy) is 1. The highest BCUT2D eigenvalue weighted by Crippen LogP contribution is 2.19. The number of nitrogens with one attached hydrogen (secondary N) is 1. The van der Waals surface area contributed by atoms with Crippen molar-refractivity contribution in [1.82, 2.24) is 15.1 Å². The first-order chi connectivity index (χ1) is 14.1. The van der Waals surface area contributed by atoms with Gasteiger partial charge in [-0.25, -0.2) is 4.99 Å². The van der Waals surface area contributed by atoms with Gasteiger partial charge in [0.2, 0.25) is 0 Å². The normalized spacial score (nSPS) is 15.6.